The number of amides is 1. The molecule has 1 aliphatic rings. The number of hydrogen-bond donors (Lipinski definition) is 2. The largest absolute Gasteiger partial charge is 0.462 e. The zero-order valence-electron chi connectivity index (χ0n) is 24.6. The quantitative estimate of drug-likeness (QED) is 0.164. The Morgan fingerprint density at radius 1 is 0.818 bits per heavy atom. The molecule has 5 aromatic rings. The number of aromatic nitrogens is 1. The van der Waals surface area contributed by atoms with Gasteiger partial charge >= 0.3 is 5.97 Å². The molecule has 44 heavy (non-hydrogen) atoms. The third kappa shape index (κ3) is 6.53. The van der Waals surface area contributed by atoms with E-state index in [0.29, 0.717) is 22.9 Å². The number of ether oxygens (including phenoxy) is 1. The van der Waals surface area contributed by atoms with Crippen molar-refractivity contribution >= 4 is 50.1 Å². The van der Waals surface area contributed by atoms with Crippen LogP contribution in [0.5, 0.6) is 0 Å². The van der Waals surface area contributed by atoms with Gasteiger partial charge in [-0.25, -0.2) is 9.78 Å². The molecule has 0 spiro atoms. The van der Waals surface area contributed by atoms with Crippen molar-refractivity contribution in [3.05, 3.63) is 113 Å². The van der Waals surface area contributed by atoms with Crippen LogP contribution in [0.15, 0.2) is 102 Å². The highest BCUT2D eigenvalue weighted by molar-refractivity contribution is 9.10. The third-order valence-electron chi connectivity index (χ3n) is 8.03. The fourth-order valence-electron chi connectivity index (χ4n) is 5.79. The van der Waals surface area contributed by atoms with Gasteiger partial charge in [-0.3, -0.25) is 4.79 Å². The van der Waals surface area contributed by atoms with Crippen LogP contribution in [0.1, 0.15) is 59.7 Å². The van der Waals surface area contributed by atoms with E-state index in [2.05, 4.69) is 50.8 Å². The minimum absolute atomic E-state index is 0.268. The molecular weight excluding hydrogens is 614 g/mol. The molecule has 1 amide bonds. The Bertz CT molecular complexity index is 1820. The molecule has 0 bridgehead atoms. The van der Waals surface area contributed by atoms with Gasteiger partial charge in [-0.1, -0.05) is 83.7 Å². The maximum absolute atomic E-state index is 13.7. The molecule has 6 nitrogen and oxygen atoms in total. The Hall–Kier alpha value is -4.49. The minimum atomic E-state index is -0.418. The van der Waals surface area contributed by atoms with Gasteiger partial charge in [0, 0.05) is 32.6 Å². The Morgan fingerprint density at radius 3 is 2.34 bits per heavy atom. The number of benzene rings is 4. The number of carbonyl (C=O) groups is 2. The van der Waals surface area contributed by atoms with E-state index in [0.717, 1.165) is 56.3 Å². The minimum Gasteiger partial charge on any atom is -0.462 e. The second-order valence-electron chi connectivity index (χ2n) is 11.1. The molecule has 1 saturated carbocycles. The number of nitrogens with zero attached hydrogens (tertiary/aromatic N) is 1. The van der Waals surface area contributed by atoms with Crippen molar-refractivity contribution in [3.8, 4) is 22.4 Å². The number of carbonyl (C=O) groups excluding carboxylic acids is 2. The van der Waals surface area contributed by atoms with E-state index in [9.17, 15) is 9.59 Å². The molecule has 6 rings (SSSR count). The lowest BCUT2D eigenvalue weighted by molar-refractivity contribution is 0.0526. The average Bonchev–Trinajstić information content (AvgIpc) is 3.06. The van der Waals surface area contributed by atoms with Crippen molar-refractivity contribution in [1.82, 2.24) is 4.98 Å². The lowest BCUT2D eigenvalue weighted by Crippen LogP contribution is -2.23. The van der Waals surface area contributed by atoms with E-state index in [4.69, 9.17) is 9.72 Å². The van der Waals surface area contributed by atoms with Crippen LogP contribution < -0.4 is 10.6 Å². The second kappa shape index (κ2) is 13.4. The van der Waals surface area contributed by atoms with Crippen molar-refractivity contribution in [2.75, 3.05) is 17.2 Å². The van der Waals surface area contributed by atoms with E-state index >= 15 is 0 Å². The lowest BCUT2D eigenvalue weighted by Gasteiger charge is -2.25. The average molecular weight is 649 g/mol. The summed E-state index contributed by atoms with van der Waals surface area (Å²) in [5.41, 5.74) is 6.90. The zero-order valence-corrected chi connectivity index (χ0v) is 26.2. The molecule has 1 heterocycles. The van der Waals surface area contributed by atoms with Crippen LogP contribution in [0.4, 0.5) is 11.4 Å². The van der Waals surface area contributed by atoms with E-state index in [-0.39, 0.29) is 12.5 Å². The van der Waals surface area contributed by atoms with E-state index in [1.165, 1.54) is 19.3 Å². The van der Waals surface area contributed by atoms with Gasteiger partial charge in [0.2, 0.25) is 0 Å². The molecule has 0 unspecified atom stereocenters. The molecule has 4 aromatic carbocycles. The SMILES string of the molecule is CCOC(=O)c1ccc(NC2CCCCC2)c(NC(=O)c2ccc3nc(-c4ccccc4Br)c(-c4ccccc4)cc3c2)c1. The van der Waals surface area contributed by atoms with Gasteiger partial charge in [0.15, 0.2) is 0 Å². The Balaban J connectivity index is 1.36. The van der Waals surface area contributed by atoms with Crippen LogP contribution >= 0.6 is 15.9 Å². The summed E-state index contributed by atoms with van der Waals surface area (Å²) in [5, 5.41) is 7.53. The summed E-state index contributed by atoms with van der Waals surface area (Å²) < 4.78 is 6.19. The molecule has 0 radical (unpaired) electrons. The summed E-state index contributed by atoms with van der Waals surface area (Å²) in [6.45, 7) is 2.06. The molecule has 222 valence electrons. The van der Waals surface area contributed by atoms with Crippen molar-refractivity contribution in [2.24, 2.45) is 0 Å². The van der Waals surface area contributed by atoms with Gasteiger partial charge in [-0.15, -0.1) is 0 Å². The monoisotopic (exact) mass is 647 g/mol. The summed E-state index contributed by atoms with van der Waals surface area (Å²) in [4.78, 5) is 31.3. The number of rotatable bonds is 8. The maximum atomic E-state index is 13.7. The number of hydrogen-bond acceptors (Lipinski definition) is 5. The van der Waals surface area contributed by atoms with Crippen LogP contribution in [0.25, 0.3) is 33.3 Å². The molecular formula is C37H34BrN3O3. The fraction of sp³-hybridized carbons (Fsp3) is 0.216. The van der Waals surface area contributed by atoms with Gasteiger partial charge in [-0.2, -0.15) is 0 Å². The molecule has 0 aliphatic heterocycles. The van der Waals surface area contributed by atoms with Crippen LogP contribution in [0.3, 0.4) is 0 Å². The van der Waals surface area contributed by atoms with Crippen molar-refractivity contribution < 1.29 is 14.3 Å². The highest BCUT2D eigenvalue weighted by Crippen LogP contribution is 2.37. The Morgan fingerprint density at radius 2 is 1.57 bits per heavy atom. The van der Waals surface area contributed by atoms with E-state index in [1.54, 1.807) is 25.1 Å². The first-order valence-corrected chi connectivity index (χ1v) is 15.9. The van der Waals surface area contributed by atoms with Crippen molar-refractivity contribution in [3.63, 3.8) is 0 Å². The Kier molecular flexibility index (Phi) is 9.03. The molecule has 2 N–H and O–H groups in total. The topological polar surface area (TPSA) is 80.3 Å². The molecule has 7 heteroatoms. The molecule has 1 aliphatic carbocycles. The molecule has 0 atom stereocenters. The van der Waals surface area contributed by atoms with Crippen LogP contribution in [0.2, 0.25) is 0 Å². The third-order valence-corrected chi connectivity index (χ3v) is 8.73. The van der Waals surface area contributed by atoms with Gasteiger partial charge in [0.25, 0.3) is 5.91 Å². The number of pyridine rings is 1. The molecule has 1 fully saturated rings. The summed E-state index contributed by atoms with van der Waals surface area (Å²) in [7, 11) is 0. The number of halogens is 1. The fourth-order valence-corrected chi connectivity index (χ4v) is 6.26. The van der Waals surface area contributed by atoms with Crippen LogP contribution in [0, 0.1) is 0 Å². The maximum Gasteiger partial charge on any atom is 0.338 e. The smallest absolute Gasteiger partial charge is 0.338 e. The Labute approximate surface area is 266 Å². The van der Waals surface area contributed by atoms with E-state index < -0.39 is 5.97 Å². The highest BCUT2D eigenvalue weighted by atomic mass is 79.9. The number of fused-ring (bicyclic) bond motifs is 1. The molecule has 1 aromatic heterocycles. The van der Waals surface area contributed by atoms with E-state index in [1.807, 2.05) is 54.6 Å². The summed E-state index contributed by atoms with van der Waals surface area (Å²) in [6, 6.07) is 31.5. The summed E-state index contributed by atoms with van der Waals surface area (Å²) >= 11 is 3.70. The van der Waals surface area contributed by atoms with Crippen molar-refractivity contribution in [1.29, 1.82) is 0 Å². The first kappa shape index (κ1) is 29.6. The van der Waals surface area contributed by atoms with Gasteiger partial charge in [0.05, 0.1) is 34.8 Å². The van der Waals surface area contributed by atoms with Gasteiger partial charge in [-0.05, 0) is 73.9 Å². The van der Waals surface area contributed by atoms with Gasteiger partial charge in [0.1, 0.15) is 0 Å². The number of esters is 1. The highest BCUT2D eigenvalue weighted by Gasteiger charge is 2.19. The normalized spacial score (nSPS) is 13.4. The standard InChI is InChI=1S/C37H34BrN3O3/c1-2-44-37(43)26-18-20-33(39-28-13-7-4-8-14-28)34(23-26)41-36(42)25-17-19-32-27(21-25)22-30(24-11-5-3-6-12-24)35(40-32)29-15-9-10-16-31(29)38/h3,5-6,9-12,15-23,28,39H,2,4,7-8,13-14H2,1H3,(H,41,42). The van der Waals surface area contributed by atoms with Crippen LogP contribution in [-0.2, 0) is 4.74 Å². The first-order valence-electron chi connectivity index (χ1n) is 15.1. The van der Waals surface area contributed by atoms with Crippen molar-refractivity contribution in [2.45, 2.75) is 45.1 Å². The second-order valence-corrected chi connectivity index (χ2v) is 11.9. The predicted octanol–water partition coefficient (Wildman–Crippen LogP) is 9.50. The first-order chi connectivity index (χ1) is 21.5. The lowest BCUT2D eigenvalue weighted by atomic mass is 9.95. The predicted molar refractivity (Wildman–Crippen MR) is 181 cm³/mol. The summed E-state index contributed by atoms with van der Waals surface area (Å²) in [6.07, 6.45) is 5.76. The number of nitrogens with one attached hydrogen (secondary N) is 2. The number of anilines is 2. The van der Waals surface area contributed by atoms with Gasteiger partial charge < -0.3 is 15.4 Å². The molecule has 0 saturated heterocycles. The summed E-state index contributed by atoms with van der Waals surface area (Å²) in [5.74, 6) is -0.686. The zero-order chi connectivity index (χ0) is 30.5. The van der Waals surface area contributed by atoms with Crippen LogP contribution in [-0.4, -0.2) is 29.5 Å².